The van der Waals surface area contributed by atoms with Crippen molar-refractivity contribution in [1.29, 1.82) is 0 Å². The first-order valence-electron chi connectivity index (χ1n) is 5.40. The smallest absolute Gasteiger partial charge is 0.232 e. The minimum atomic E-state index is 0.526. The molecular formula is C11H13BrN4OS. The van der Waals surface area contributed by atoms with Gasteiger partial charge in [0.1, 0.15) is 0 Å². The van der Waals surface area contributed by atoms with Gasteiger partial charge < -0.3 is 10.1 Å². The van der Waals surface area contributed by atoms with E-state index in [1.54, 1.807) is 24.6 Å². The second kappa shape index (κ2) is 6.10. The number of rotatable bonds is 5. The van der Waals surface area contributed by atoms with Crippen LogP contribution >= 0.6 is 27.3 Å². The number of ether oxygens (including phenoxy) is 1. The van der Waals surface area contributed by atoms with E-state index < -0.39 is 0 Å². The number of thiazole rings is 1. The Morgan fingerprint density at radius 2 is 2.28 bits per heavy atom. The second-order valence-electron chi connectivity index (χ2n) is 3.61. The van der Waals surface area contributed by atoms with Crippen molar-refractivity contribution in [1.82, 2.24) is 15.0 Å². The van der Waals surface area contributed by atoms with Crippen molar-refractivity contribution in [2.24, 2.45) is 0 Å². The third kappa shape index (κ3) is 3.39. The van der Waals surface area contributed by atoms with Gasteiger partial charge >= 0.3 is 0 Å². The summed E-state index contributed by atoms with van der Waals surface area (Å²) in [5.74, 6) is 1.08. The number of hydrogen-bond donors (Lipinski definition) is 1. The Hall–Kier alpha value is -1.21. The van der Waals surface area contributed by atoms with Gasteiger partial charge in [-0.15, -0.1) is 11.3 Å². The number of hydrogen-bond acceptors (Lipinski definition) is 6. The fourth-order valence-electron chi connectivity index (χ4n) is 1.38. The van der Waals surface area contributed by atoms with Gasteiger partial charge in [-0.3, -0.25) is 0 Å². The van der Waals surface area contributed by atoms with Gasteiger partial charge in [0.15, 0.2) is 0 Å². The molecule has 0 amide bonds. The minimum Gasteiger partial charge on any atom is -0.480 e. The van der Waals surface area contributed by atoms with Gasteiger partial charge in [0, 0.05) is 24.0 Å². The summed E-state index contributed by atoms with van der Waals surface area (Å²) in [5, 5.41) is 6.31. The van der Waals surface area contributed by atoms with Crippen LogP contribution in [0.2, 0.25) is 0 Å². The number of aromatic nitrogens is 3. The molecule has 0 spiro atoms. The third-order valence-corrected chi connectivity index (χ3v) is 3.76. The molecule has 0 aliphatic heterocycles. The van der Waals surface area contributed by atoms with Crippen molar-refractivity contribution in [3.63, 3.8) is 0 Å². The zero-order valence-corrected chi connectivity index (χ0v) is 12.5. The largest absolute Gasteiger partial charge is 0.480 e. The maximum Gasteiger partial charge on any atom is 0.232 e. The lowest BCUT2D eigenvalue weighted by molar-refractivity contribution is 0.394. The van der Waals surface area contributed by atoms with Crippen molar-refractivity contribution in [2.75, 3.05) is 19.0 Å². The van der Waals surface area contributed by atoms with Gasteiger partial charge in [0.25, 0.3) is 0 Å². The zero-order chi connectivity index (χ0) is 13.0. The number of nitrogens with one attached hydrogen (secondary N) is 1. The van der Waals surface area contributed by atoms with E-state index in [4.69, 9.17) is 4.74 Å². The van der Waals surface area contributed by atoms with Crippen LogP contribution < -0.4 is 10.1 Å². The van der Waals surface area contributed by atoms with Gasteiger partial charge in [-0.1, -0.05) is 0 Å². The van der Waals surface area contributed by atoms with Crippen LogP contribution in [0.15, 0.2) is 16.0 Å². The van der Waals surface area contributed by atoms with Crippen LogP contribution in [-0.4, -0.2) is 28.6 Å². The maximum atomic E-state index is 5.11. The van der Waals surface area contributed by atoms with Crippen LogP contribution in [0.25, 0.3) is 0 Å². The van der Waals surface area contributed by atoms with E-state index in [1.807, 2.05) is 6.92 Å². The molecule has 0 radical (unpaired) electrons. The predicted molar refractivity (Wildman–Crippen MR) is 75.3 cm³/mol. The molecule has 2 aromatic heterocycles. The molecule has 0 unspecified atom stereocenters. The maximum absolute atomic E-state index is 5.11. The summed E-state index contributed by atoms with van der Waals surface area (Å²) in [6.07, 6.45) is 2.53. The number of anilines is 1. The average Bonchev–Trinajstić information content (AvgIpc) is 2.77. The van der Waals surface area contributed by atoms with Gasteiger partial charge in [-0.2, -0.15) is 4.98 Å². The highest BCUT2D eigenvalue weighted by atomic mass is 79.9. The van der Waals surface area contributed by atoms with E-state index in [-0.39, 0.29) is 0 Å². The molecular weight excluding hydrogens is 316 g/mol. The highest BCUT2D eigenvalue weighted by Crippen LogP contribution is 2.21. The van der Waals surface area contributed by atoms with E-state index in [1.165, 1.54) is 0 Å². The molecule has 7 heteroatoms. The summed E-state index contributed by atoms with van der Waals surface area (Å²) < 4.78 is 5.85. The summed E-state index contributed by atoms with van der Waals surface area (Å²) in [4.78, 5) is 12.8. The number of nitrogens with zero attached hydrogens (tertiary/aromatic N) is 3. The molecule has 18 heavy (non-hydrogen) atoms. The first-order chi connectivity index (χ1) is 8.69. The molecule has 0 atom stereocenters. The van der Waals surface area contributed by atoms with Gasteiger partial charge in [-0.05, 0) is 22.9 Å². The zero-order valence-electron chi connectivity index (χ0n) is 10.1. The topological polar surface area (TPSA) is 59.9 Å². The Morgan fingerprint density at radius 3 is 2.94 bits per heavy atom. The predicted octanol–water partition coefficient (Wildman–Crippen LogP) is 2.67. The molecule has 0 aliphatic rings. The number of aryl methyl sites for hydroxylation is 1. The fraction of sp³-hybridized carbons (Fsp3) is 0.364. The summed E-state index contributed by atoms with van der Waals surface area (Å²) >= 11 is 4.98. The van der Waals surface area contributed by atoms with Crippen molar-refractivity contribution < 1.29 is 4.74 Å². The highest BCUT2D eigenvalue weighted by Gasteiger charge is 2.05. The average molecular weight is 329 g/mol. The Morgan fingerprint density at radius 1 is 1.44 bits per heavy atom. The Kier molecular flexibility index (Phi) is 4.48. The molecule has 0 saturated heterocycles. The normalized spacial score (nSPS) is 10.4. The molecule has 5 nitrogen and oxygen atoms in total. The van der Waals surface area contributed by atoms with E-state index in [9.17, 15) is 0 Å². The monoisotopic (exact) mass is 328 g/mol. The van der Waals surface area contributed by atoms with Crippen molar-refractivity contribution in [3.8, 4) is 5.88 Å². The van der Waals surface area contributed by atoms with Gasteiger partial charge in [-0.25, -0.2) is 9.97 Å². The van der Waals surface area contributed by atoms with Crippen LogP contribution in [0.5, 0.6) is 5.88 Å². The molecule has 2 rings (SSSR count). The van der Waals surface area contributed by atoms with Crippen LogP contribution in [-0.2, 0) is 6.42 Å². The number of methoxy groups -OCH3 is 1. The fourth-order valence-corrected chi connectivity index (χ4v) is 2.51. The van der Waals surface area contributed by atoms with E-state index in [0.29, 0.717) is 11.8 Å². The summed E-state index contributed by atoms with van der Waals surface area (Å²) in [5.41, 5.74) is 1.07. The molecule has 2 aromatic rings. The SMILES string of the molecule is COc1nc(NCCc2nc(C)cs2)ncc1Br. The van der Waals surface area contributed by atoms with Crippen molar-refractivity contribution in [3.05, 3.63) is 26.8 Å². The van der Waals surface area contributed by atoms with E-state index in [0.717, 1.165) is 28.1 Å². The lowest BCUT2D eigenvalue weighted by Gasteiger charge is -2.06. The summed E-state index contributed by atoms with van der Waals surface area (Å²) in [6.45, 7) is 2.74. The Balaban J connectivity index is 1.90. The quantitative estimate of drug-likeness (QED) is 0.914. The first-order valence-corrected chi connectivity index (χ1v) is 7.07. The second-order valence-corrected chi connectivity index (χ2v) is 5.41. The van der Waals surface area contributed by atoms with Crippen LogP contribution in [0.1, 0.15) is 10.7 Å². The molecule has 2 heterocycles. The molecule has 1 N–H and O–H groups in total. The van der Waals surface area contributed by atoms with E-state index in [2.05, 4.69) is 41.6 Å². The lowest BCUT2D eigenvalue weighted by atomic mass is 10.4. The van der Waals surface area contributed by atoms with Gasteiger partial charge in [0.2, 0.25) is 11.8 Å². The summed E-state index contributed by atoms with van der Waals surface area (Å²) in [6, 6.07) is 0. The van der Waals surface area contributed by atoms with Crippen molar-refractivity contribution in [2.45, 2.75) is 13.3 Å². The molecule has 0 aromatic carbocycles. The van der Waals surface area contributed by atoms with Crippen molar-refractivity contribution >= 4 is 33.2 Å². The molecule has 0 bridgehead atoms. The van der Waals surface area contributed by atoms with E-state index >= 15 is 0 Å². The third-order valence-electron chi connectivity index (χ3n) is 2.19. The standard InChI is InChI=1S/C11H13BrN4OS/c1-7-6-18-9(15-7)3-4-13-11-14-5-8(12)10(16-11)17-2/h5-6H,3-4H2,1-2H3,(H,13,14,16). The Labute approximate surface area is 118 Å². The molecule has 0 fully saturated rings. The molecule has 96 valence electrons. The summed E-state index contributed by atoms with van der Waals surface area (Å²) in [7, 11) is 1.58. The highest BCUT2D eigenvalue weighted by molar-refractivity contribution is 9.10. The number of halogens is 1. The lowest BCUT2D eigenvalue weighted by Crippen LogP contribution is -2.08. The first kappa shape index (κ1) is 13.2. The molecule has 0 aliphatic carbocycles. The van der Waals surface area contributed by atoms with Gasteiger partial charge in [0.05, 0.1) is 22.8 Å². The minimum absolute atomic E-state index is 0.526. The van der Waals surface area contributed by atoms with Crippen LogP contribution in [0, 0.1) is 6.92 Å². The van der Waals surface area contributed by atoms with Crippen LogP contribution in [0.4, 0.5) is 5.95 Å². The van der Waals surface area contributed by atoms with Crippen LogP contribution in [0.3, 0.4) is 0 Å². The Bertz CT molecular complexity index is 532. The molecule has 0 saturated carbocycles.